The molecule has 0 aliphatic carbocycles. The minimum Gasteiger partial charge on any atom is -0.497 e. The molecule has 9 heteroatoms. The van der Waals surface area contributed by atoms with Gasteiger partial charge in [-0.05, 0) is 25.1 Å². The second-order valence-corrected chi connectivity index (χ2v) is 6.96. The zero-order valence-corrected chi connectivity index (χ0v) is 17.7. The van der Waals surface area contributed by atoms with Crippen molar-refractivity contribution in [3.8, 4) is 17.2 Å². The van der Waals surface area contributed by atoms with Crippen LogP contribution in [0.1, 0.15) is 21.6 Å². The normalized spacial score (nSPS) is 11.1. The summed E-state index contributed by atoms with van der Waals surface area (Å²) in [6.07, 6.45) is 2.94. The van der Waals surface area contributed by atoms with Crippen LogP contribution in [0.4, 0.5) is 0 Å². The first kappa shape index (κ1) is 20.9. The maximum Gasteiger partial charge on any atom is 0.274 e. The fourth-order valence-corrected chi connectivity index (χ4v) is 3.37. The second kappa shape index (κ2) is 8.76. The van der Waals surface area contributed by atoms with Crippen LogP contribution in [0.25, 0.3) is 16.6 Å². The lowest BCUT2D eigenvalue weighted by Gasteiger charge is -2.08. The number of benzene rings is 2. The highest BCUT2D eigenvalue weighted by Gasteiger charge is 2.16. The van der Waals surface area contributed by atoms with Crippen molar-refractivity contribution in [3.63, 3.8) is 0 Å². The molecule has 0 aliphatic heterocycles. The van der Waals surface area contributed by atoms with E-state index < -0.39 is 5.91 Å². The molecule has 0 aliphatic rings. The highest BCUT2D eigenvalue weighted by atomic mass is 16.5. The zero-order valence-electron chi connectivity index (χ0n) is 17.7. The van der Waals surface area contributed by atoms with Gasteiger partial charge in [-0.25, -0.2) is 10.1 Å². The fraction of sp³-hybridized carbons (Fsp3) is 0.130. The molecule has 4 aromatic rings. The first-order valence-corrected chi connectivity index (χ1v) is 9.73. The average molecular weight is 431 g/mol. The van der Waals surface area contributed by atoms with Crippen LogP contribution in [0, 0.1) is 6.92 Å². The van der Waals surface area contributed by atoms with Crippen LogP contribution in [0.15, 0.2) is 64.6 Å². The molecule has 2 N–H and O–H groups in total. The summed E-state index contributed by atoms with van der Waals surface area (Å²) in [5.41, 5.74) is 5.15. The van der Waals surface area contributed by atoms with Crippen molar-refractivity contribution in [3.05, 3.63) is 81.9 Å². The lowest BCUT2D eigenvalue weighted by Crippen LogP contribution is -2.18. The summed E-state index contributed by atoms with van der Waals surface area (Å²) in [5.74, 6) is 0.799. The number of nitrogens with zero attached hydrogens (tertiary/aromatic N) is 3. The number of nitrogens with one attached hydrogen (secondary N) is 2. The number of fused-ring (bicyclic) bond motifs is 1. The lowest BCUT2D eigenvalue weighted by molar-refractivity contribution is 0.0954. The SMILES string of the molecule is COc1cc(/C=N\NC(=O)c2cnn(-c3cc(=O)[nH]c4ccccc34)c2C)cc(OC)c1. The van der Waals surface area contributed by atoms with E-state index in [2.05, 4.69) is 20.6 Å². The smallest absolute Gasteiger partial charge is 0.274 e. The molecule has 0 unspecified atom stereocenters. The number of rotatable bonds is 6. The number of aromatic amines is 1. The molecule has 2 aromatic heterocycles. The van der Waals surface area contributed by atoms with E-state index in [4.69, 9.17) is 9.47 Å². The number of ether oxygens (including phenoxy) is 2. The Morgan fingerprint density at radius 1 is 1.12 bits per heavy atom. The molecule has 0 spiro atoms. The summed E-state index contributed by atoms with van der Waals surface area (Å²) in [6.45, 7) is 1.76. The van der Waals surface area contributed by atoms with Gasteiger partial charge < -0.3 is 14.5 Å². The molecule has 32 heavy (non-hydrogen) atoms. The molecule has 162 valence electrons. The molecular formula is C23H21N5O4. The topological polar surface area (TPSA) is 111 Å². The number of carbonyl (C=O) groups is 1. The molecule has 2 heterocycles. The van der Waals surface area contributed by atoms with Gasteiger partial charge in [0.2, 0.25) is 0 Å². The van der Waals surface area contributed by atoms with Crippen LogP contribution in [0.5, 0.6) is 11.5 Å². The molecule has 0 bridgehead atoms. The van der Waals surface area contributed by atoms with Gasteiger partial charge in [0.15, 0.2) is 0 Å². The number of hydrogen-bond acceptors (Lipinski definition) is 6. The molecule has 9 nitrogen and oxygen atoms in total. The maximum absolute atomic E-state index is 12.7. The Balaban J connectivity index is 1.59. The Hall–Kier alpha value is -4.40. The minimum atomic E-state index is -0.422. The lowest BCUT2D eigenvalue weighted by atomic mass is 10.2. The van der Waals surface area contributed by atoms with E-state index in [9.17, 15) is 9.59 Å². The number of methoxy groups -OCH3 is 2. The number of hydrazone groups is 1. The summed E-state index contributed by atoms with van der Waals surface area (Å²) in [7, 11) is 3.11. The van der Waals surface area contributed by atoms with Gasteiger partial charge in [0, 0.05) is 23.1 Å². The summed E-state index contributed by atoms with van der Waals surface area (Å²) >= 11 is 0. The fourth-order valence-electron chi connectivity index (χ4n) is 3.37. The van der Waals surface area contributed by atoms with E-state index in [0.29, 0.717) is 39.5 Å². The molecular weight excluding hydrogens is 410 g/mol. The molecule has 0 saturated heterocycles. The van der Waals surface area contributed by atoms with E-state index in [1.807, 2.05) is 24.3 Å². The number of carbonyl (C=O) groups excluding carboxylic acids is 1. The Morgan fingerprint density at radius 3 is 2.56 bits per heavy atom. The number of amides is 1. The first-order valence-electron chi connectivity index (χ1n) is 9.73. The molecule has 0 atom stereocenters. The van der Waals surface area contributed by atoms with Crippen molar-refractivity contribution in [2.45, 2.75) is 6.92 Å². The zero-order chi connectivity index (χ0) is 22.7. The second-order valence-electron chi connectivity index (χ2n) is 6.96. The molecule has 0 saturated carbocycles. The van der Waals surface area contributed by atoms with Gasteiger partial charge in [-0.1, -0.05) is 18.2 Å². The van der Waals surface area contributed by atoms with E-state index >= 15 is 0 Å². The molecule has 1 amide bonds. The third-order valence-electron chi connectivity index (χ3n) is 4.96. The maximum atomic E-state index is 12.7. The minimum absolute atomic E-state index is 0.252. The largest absolute Gasteiger partial charge is 0.497 e. The first-order chi connectivity index (χ1) is 15.5. The third-order valence-corrected chi connectivity index (χ3v) is 4.96. The van der Waals surface area contributed by atoms with Crippen molar-refractivity contribution < 1.29 is 14.3 Å². The van der Waals surface area contributed by atoms with Gasteiger partial charge in [0.1, 0.15) is 11.5 Å². The van der Waals surface area contributed by atoms with Crippen molar-refractivity contribution in [1.82, 2.24) is 20.2 Å². The van der Waals surface area contributed by atoms with Gasteiger partial charge in [0.25, 0.3) is 11.5 Å². The predicted molar refractivity (Wildman–Crippen MR) is 121 cm³/mol. The van der Waals surface area contributed by atoms with Crippen LogP contribution < -0.4 is 20.5 Å². The monoisotopic (exact) mass is 431 g/mol. The van der Waals surface area contributed by atoms with Crippen molar-refractivity contribution in [2.75, 3.05) is 14.2 Å². The highest BCUT2D eigenvalue weighted by molar-refractivity contribution is 5.96. The Kier molecular flexibility index (Phi) is 5.71. The number of aromatic nitrogens is 3. The van der Waals surface area contributed by atoms with Crippen LogP contribution in [-0.4, -0.2) is 41.1 Å². The van der Waals surface area contributed by atoms with Crippen molar-refractivity contribution >= 4 is 23.0 Å². The predicted octanol–water partition coefficient (Wildman–Crippen LogP) is 2.80. The highest BCUT2D eigenvalue weighted by Crippen LogP contribution is 2.22. The van der Waals surface area contributed by atoms with Crippen LogP contribution in [0.2, 0.25) is 0 Å². The number of pyridine rings is 1. The summed E-state index contributed by atoms with van der Waals surface area (Å²) in [4.78, 5) is 27.6. The molecule has 4 rings (SSSR count). The Morgan fingerprint density at radius 2 is 1.84 bits per heavy atom. The van der Waals surface area contributed by atoms with Crippen LogP contribution in [-0.2, 0) is 0 Å². The van der Waals surface area contributed by atoms with Crippen molar-refractivity contribution in [1.29, 1.82) is 0 Å². The van der Waals surface area contributed by atoms with E-state index in [0.717, 1.165) is 5.39 Å². The summed E-state index contributed by atoms with van der Waals surface area (Å²) in [6, 6.07) is 14.1. The van der Waals surface area contributed by atoms with Crippen LogP contribution >= 0.6 is 0 Å². The standard InChI is InChI=1S/C23H21N5O4/c1-14-19(23(30)27-24-12-15-8-16(31-2)10-17(9-15)32-3)13-25-28(14)21-11-22(29)26-20-7-5-4-6-18(20)21/h4-13H,1-3H3,(H,26,29)(H,27,30)/b24-12-. The molecule has 0 radical (unpaired) electrons. The number of hydrogen-bond donors (Lipinski definition) is 2. The Labute approximate surface area is 183 Å². The van der Waals surface area contributed by atoms with Crippen molar-refractivity contribution in [2.24, 2.45) is 5.10 Å². The molecule has 2 aromatic carbocycles. The van der Waals surface area contributed by atoms with Gasteiger partial charge >= 0.3 is 0 Å². The van der Waals surface area contributed by atoms with E-state index in [-0.39, 0.29) is 5.56 Å². The van der Waals surface area contributed by atoms with Gasteiger partial charge in [-0.2, -0.15) is 10.2 Å². The van der Waals surface area contributed by atoms with Crippen LogP contribution in [0.3, 0.4) is 0 Å². The Bertz CT molecular complexity index is 1360. The average Bonchev–Trinajstić information content (AvgIpc) is 3.19. The summed E-state index contributed by atoms with van der Waals surface area (Å²) < 4.78 is 12.0. The van der Waals surface area contributed by atoms with Gasteiger partial charge in [-0.3, -0.25) is 9.59 Å². The van der Waals surface area contributed by atoms with Gasteiger partial charge in [0.05, 0.1) is 49.1 Å². The number of para-hydroxylation sites is 1. The third kappa shape index (κ3) is 4.08. The number of H-pyrrole nitrogens is 1. The summed E-state index contributed by atoms with van der Waals surface area (Å²) in [5, 5.41) is 9.17. The van der Waals surface area contributed by atoms with E-state index in [1.165, 1.54) is 18.5 Å². The van der Waals surface area contributed by atoms with E-state index in [1.54, 1.807) is 44.0 Å². The molecule has 0 fully saturated rings. The van der Waals surface area contributed by atoms with Gasteiger partial charge in [-0.15, -0.1) is 0 Å². The quantitative estimate of drug-likeness (QED) is 0.360.